The number of allylic oxidation sites excluding steroid dienone is 2. The lowest BCUT2D eigenvalue weighted by atomic mass is 9.72. The van der Waals surface area contributed by atoms with Crippen LogP contribution in [0.25, 0.3) is 5.57 Å². The molecule has 1 atom stereocenters. The fraction of sp³-hybridized carbons (Fsp3) is 0.577. The first-order valence-corrected chi connectivity index (χ1v) is 14.1. The van der Waals surface area contributed by atoms with Crippen molar-refractivity contribution in [2.24, 2.45) is 10.4 Å². The number of amidine groups is 1. The van der Waals surface area contributed by atoms with Gasteiger partial charge in [0.2, 0.25) is 0 Å². The molecule has 2 N–H and O–H groups in total. The number of hydrogen-bond acceptors (Lipinski definition) is 6. The Hall–Kier alpha value is -2.74. The van der Waals surface area contributed by atoms with Crippen LogP contribution in [0.1, 0.15) is 62.0 Å². The number of anilines is 1. The molecule has 1 saturated carbocycles. The van der Waals surface area contributed by atoms with Crippen LogP contribution in [-0.2, 0) is 15.0 Å². The zero-order chi connectivity index (χ0) is 25.5. The quantitative estimate of drug-likeness (QED) is 0.646. The molecule has 1 saturated heterocycles. The van der Waals surface area contributed by atoms with Crippen LogP contribution in [0, 0.1) is 16.7 Å². The number of nitrogens with zero attached hydrogens (tertiary/aromatic N) is 4. The second kappa shape index (κ2) is 9.61. The number of amides is 1. The van der Waals surface area contributed by atoms with Gasteiger partial charge in [-0.15, -0.1) is 0 Å². The number of carbonyl (C=O) groups excluding carboxylic acids is 1. The average molecular weight is 511 g/mol. The van der Waals surface area contributed by atoms with Crippen LogP contribution in [0.5, 0.6) is 0 Å². The third kappa shape index (κ3) is 4.67. The second-order valence-electron chi connectivity index (χ2n) is 10.7. The molecule has 192 valence electrons. The Bertz CT molecular complexity index is 1240. The molecule has 2 aliphatic heterocycles. The van der Waals surface area contributed by atoms with Gasteiger partial charge in [-0.25, -0.2) is 0 Å². The molecule has 1 spiro atoms. The van der Waals surface area contributed by atoms with Crippen LogP contribution in [0.3, 0.4) is 0 Å². The van der Waals surface area contributed by atoms with E-state index in [2.05, 4.69) is 33.8 Å². The number of likely N-dealkylation sites (N-methyl/N-ethyl adjacent to an activating group) is 2. The largest absolute Gasteiger partial charge is 0.349 e. The standard InChI is InChI=1S/C26H34N6O3S/c1-31-16-20(17-32(2)36(31,34)35)19-5-6-23(30-25(33)24-28-15-21(14-27)29-24)22(13-19)18-7-11-26(12-8-18)9-3-4-10-26/h5-7,13,20-21H,3-4,8-12,15-17H2,1-2H3,(H,28,29)(H,30,33). The maximum absolute atomic E-state index is 12.9. The van der Waals surface area contributed by atoms with Crippen LogP contribution in [0.2, 0.25) is 0 Å². The summed E-state index contributed by atoms with van der Waals surface area (Å²) in [7, 11) is -0.183. The van der Waals surface area contributed by atoms with Crippen LogP contribution >= 0.6 is 0 Å². The van der Waals surface area contributed by atoms with E-state index >= 15 is 0 Å². The highest BCUT2D eigenvalue weighted by atomic mass is 32.2. The summed E-state index contributed by atoms with van der Waals surface area (Å²) in [5.41, 5.74) is 4.42. The minimum absolute atomic E-state index is 0.0228. The van der Waals surface area contributed by atoms with E-state index in [1.165, 1.54) is 39.9 Å². The molecule has 2 aliphatic carbocycles. The molecular weight excluding hydrogens is 476 g/mol. The lowest BCUT2D eigenvalue weighted by Gasteiger charge is -2.36. The maximum Gasteiger partial charge on any atom is 0.290 e. The molecule has 0 aromatic heterocycles. The number of benzene rings is 1. The van der Waals surface area contributed by atoms with Crippen molar-refractivity contribution in [2.75, 3.05) is 39.0 Å². The summed E-state index contributed by atoms with van der Waals surface area (Å²) in [4.78, 5) is 17.1. The fourth-order valence-electron chi connectivity index (χ4n) is 6.10. The summed E-state index contributed by atoms with van der Waals surface area (Å²) >= 11 is 0. The molecule has 0 radical (unpaired) electrons. The van der Waals surface area contributed by atoms with E-state index in [4.69, 9.17) is 5.26 Å². The zero-order valence-electron chi connectivity index (χ0n) is 21.0. The summed E-state index contributed by atoms with van der Waals surface area (Å²) in [5, 5.41) is 15.0. The van der Waals surface area contributed by atoms with E-state index in [-0.39, 0.29) is 24.2 Å². The van der Waals surface area contributed by atoms with E-state index < -0.39 is 16.3 Å². The zero-order valence-corrected chi connectivity index (χ0v) is 21.8. The normalized spacial score (nSPS) is 26.2. The predicted octanol–water partition coefficient (Wildman–Crippen LogP) is 2.85. The molecule has 0 bridgehead atoms. The lowest BCUT2D eigenvalue weighted by molar-refractivity contribution is -0.110. The van der Waals surface area contributed by atoms with Crippen molar-refractivity contribution >= 4 is 33.2 Å². The highest BCUT2D eigenvalue weighted by molar-refractivity contribution is 7.86. The summed E-state index contributed by atoms with van der Waals surface area (Å²) in [6.07, 6.45) is 10.7. The molecule has 2 fully saturated rings. The van der Waals surface area contributed by atoms with Gasteiger partial charge in [0, 0.05) is 44.4 Å². The van der Waals surface area contributed by atoms with E-state index in [0.29, 0.717) is 24.2 Å². The molecule has 1 amide bonds. The first-order valence-electron chi connectivity index (χ1n) is 12.7. The third-order valence-corrected chi connectivity index (χ3v) is 10.2. The Labute approximate surface area is 213 Å². The third-order valence-electron chi connectivity index (χ3n) is 8.34. The average Bonchev–Trinajstić information content (AvgIpc) is 3.53. The first kappa shape index (κ1) is 24.9. The van der Waals surface area contributed by atoms with Crippen LogP contribution in [0.4, 0.5) is 5.69 Å². The molecule has 1 aromatic rings. The van der Waals surface area contributed by atoms with Crippen molar-refractivity contribution in [3.05, 3.63) is 35.4 Å². The van der Waals surface area contributed by atoms with Crippen molar-refractivity contribution in [1.29, 1.82) is 5.26 Å². The van der Waals surface area contributed by atoms with E-state index in [1.807, 2.05) is 12.1 Å². The van der Waals surface area contributed by atoms with Crippen molar-refractivity contribution in [3.63, 3.8) is 0 Å². The molecule has 36 heavy (non-hydrogen) atoms. The Morgan fingerprint density at radius 3 is 2.53 bits per heavy atom. The van der Waals surface area contributed by atoms with Crippen molar-refractivity contribution in [2.45, 2.75) is 56.9 Å². The summed E-state index contributed by atoms with van der Waals surface area (Å²) in [6.45, 7) is 1.09. The molecule has 1 aromatic carbocycles. The Kier molecular flexibility index (Phi) is 6.66. The van der Waals surface area contributed by atoms with Crippen LogP contribution < -0.4 is 10.6 Å². The van der Waals surface area contributed by atoms with E-state index in [1.54, 1.807) is 14.1 Å². The molecule has 9 nitrogen and oxygen atoms in total. The van der Waals surface area contributed by atoms with Gasteiger partial charge in [-0.3, -0.25) is 9.79 Å². The molecular formula is C26H34N6O3S. The summed E-state index contributed by atoms with van der Waals surface area (Å²) in [6, 6.07) is 7.64. The van der Waals surface area contributed by atoms with E-state index in [0.717, 1.165) is 30.4 Å². The number of aliphatic imine (C=N–C) groups is 1. The van der Waals surface area contributed by atoms with Gasteiger partial charge in [-0.05, 0) is 60.8 Å². The number of nitriles is 1. The van der Waals surface area contributed by atoms with Gasteiger partial charge in [-0.2, -0.15) is 22.3 Å². The number of carbonyl (C=O) groups is 1. The van der Waals surface area contributed by atoms with Gasteiger partial charge in [0.15, 0.2) is 5.84 Å². The van der Waals surface area contributed by atoms with Crippen molar-refractivity contribution < 1.29 is 13.2 Å². The second-order valence-corrected chi connectivity index (χ2v) is 12.8. The highest BCUT2D eigenvalue weighted by Gasteiger charge is 2.37. The van der Waals surface area contributed by atoms with Gasteiger partial charge in [-0.1, -0.05) is 25.0 Å². The number of nitrogens with one attached hydrogen (secondary N) is 2. The van der Waals surface area contributed by atoms with E-state index in [9.17, 15) is 13.2 Å². The molecule has 10 heteroatoms. The van der Waals surface area contributed by atoms with Gasteiger partial charge in [0.05, 0.1) is 12.6 Å². The van der Waals surface area contributed by atoms with Gasteiger partial charge in [0.1, 0.15) is 6.04 Å². The monoisotopic (exact) mass is 510 g/mol. The molecule has 4 aliphatic rings. The first-order chi connectivity index (χ1) is 17.2. The van der Waals surface area contributed by atoms with Crippen molar-refractivity contribution in [1.82, 2.24) is 13.9 Å². The lowest BCUT2D eigenvalue weighted by Crippen LogP contribution is -2.49. The minimum Gasteiger partial charge on any atom is -0.349 e. The fourth-order valence-corrected chi connectivity index (χ4v) is 7.32. The minimum atomic E-state index is -3.41. The van der Waals surface area contributed by atoms with Gasteiger partial charge in [0.25, 0.3) is 16.1 Å². The van der Waals surface area contributed by atoms with Gasteiger partial charge < -0.3 is 10.6 Å². The van der Waals surface area contributed by atoms with Gasteiger partial charge >= 0.3 is 0 Å². The number of hydrogen-bond donors (Lipinski definition) is 2. The Balaban J connectivity index is 1.44. The summed E-state index contributed by atoms with van der Waals surface area (Å²) < 4.78 is 27.7. The Morgan fingerprint density at radius 2 is 1.92 bits per heavy atom. The maximum atomic E-state index is 12.9. The smallest absolute Gasteiger partial charge is 0.290 e. The Morgan fingerprint density at radius 1 is 1.19 bits per heavy atom. The number of rotatable bonds is 4. The predicted molar refractivity (Wildman–Crippen MR) is 140 cm³/mol. The molecule has 2 heterocycles. The topological polar surface area (TPSA) is 118 Å². The SMILES string of the molecule is CN1CC(c2ccc(NC(=O)C3=NCC(C#N)N3)c(C3=CCC4(CCCC4)CC3)c2)CN(C)S1(=O)=O. The van der Waals surface area contributed by atoms with Crippen LogP contribution in [-0.4, -0.2) is 68.5 Å². The highest BCUT2D eigenvalue weighted by Crippen LogP contribution is 2.50. The molecule has 5 rings (SSSR count). The molecule has 1 unspecified atom stereocenters. The van der Waals surface area contributed by atoms with Crippen molar-refractivity contribution in [3.8, 4) is 6.07 Å². The summed E-state index contributed by atoms with van der Waals surface area (Å²) in [5.74, 6) is -0.150. The van der Waals surface area contributed by atoms with Crippen LogP contribution in [0.15, 0.2) is 29.3 Å².